The van der Waals surface area contributed by atoms with Crippen molar-refractivity contribution in [3.63, 3.8) is 0 Å². The number of carbonyl (C=O) groups excluding carboxylic acids is 1. The fourth-order valence-corrected chi connectivity index (χ4v) is 4.51. The molecule has 0 aliphatic heterocycles. The fraction of sp³-hybridized carbons (Fsp3) is 0.160. The van der Waals surface area contributed by atoms with Crippen LogP contribution in [0.25, 0.3) is 11.4 Å². The molecule has 1 unspecified atom stereocenters. The fourth-order valence-electron chi connectivity index (χ4n) is 3.56. The number of hydrogen-bond donors (Lipinski definition) is 2. The van der Waals surface area contributed by atoms with Crippen LogP contribution >= 0.6 is 11.8 Å². The lowest BCUT2D eigenvalue weighted by Gasteiger charge is -2.17. The molecular weight excluding hydrogens is 434 g/mol. The monoisotopic (exact) mass is 459 g/mol. The largest absolute Gasteiger partial charge is 0.497 e. The van der Waals surface area contributed by atoms with E-state index >= 15 is 0 Å². The maximum atomic E-state index is 13.4. The third-order valence-electron chi connectivity index (χ3n) is 5.07. The van der Waals surface area contributed by atoms with Crippen molar-refractivity contribution < 1.29 is 9.53 Å². The molecule has 1 amide bonds. The Kier molecular flexibility index (Phi) is 6.65. The Hall–Kier alpha value is -3.78. The zero-order valence-corrected chi connectivity index (χ0v) is 19.5. The number of hydrogen-bond acceptors (Lipinski definition) is 6. The number of nitrogen functional groups attached to an aromatic ring is 1. The first-order chi connectivity index (χ1) is 15.9. The van der Waals surface area contributed by atoms with Crippen molar-refractivity contribution in [1.29, 1.82) is 0 Å². The summed E-state index contributed by atoms with van der Waals surface area (Å²) in [5.41, 5.74) is 4.57. The van der Waals surface area contributed by atoms with Crippen molar-refractivity contribution in [1.82, 2.24) is 14.9 Å². The Morgan fingerprint density at radius 2 is 1.67 bits per heavy atom. The molecule has 1 aromatic heterocycles. The number of amides is 1. The van der Waals surface area contributed by atoms with Gasteiger partial charge in [-0.15, -0.1) is 10.2 Å². The minimum Gasteiger partial charge on any atom is -0.497 e. The number of aromatic nitrogens is 3. The molecule has 1 atom stereocenters. The van der Waals surface area contributed by atoms with Crippen LogP contribution in [0.3, 0.4) is 0 Å². The molecule has 0 radical (unpaired) electrons. The summed E-state index contributed by atoms with van der Waals surface area (Å²) in [6, 6.07) is 22.9. The van der Waals surface area contributed by atoms with E-state index in [1.54, 1.807) is 7.11 Å². The summed E-state index contributed by atoms with van der Waals surface area (Å²) in [4.78, 5) is 13.4. The van der Waals surface area contributed by atoms with E-state index in [-0.39, 0.29) is 5.91 Å². The zero-order valence-electron chi connectivity index (χ0n) is 18.6. The summed E-state index contributed by atoms with van der Waals surface area (Å²) in [7, 11) is 1.61. The van der Waals surface area contributed by atoms with Gasteiger partial charge in [-0.05, 0) is 66.9 Å². The highest BCUT2D eigenvalue weighted by molar-refractivity contribution is 8.00. The number of nitrogens with two attached hydrogens (primary N) is 1. The summed E-state index contributed by atoms with van der Waals surface area (Å²) in [6.07, 6.45) is 0. The minimum absolute atomic E-state index is 0.162. The van der Waals surface area contributed by atoms with E-state index in [9.17, 15) is 4.79 Å². The third kappa shape index (κ3) is 5.18. The van der Waals surface area contributed by atoms with Crippen molar-refractivity contribution >= 4 is 23.4 Å². The summed E-state index contributed by atoms with van der Waals surface area (Å²) >= 11 is 1.25. The lowest BCUT2D eigenvalue weighted by molar-refractivity contribution is -0.115. The van der Waals surface area contributed by atoms with E-state index in [2.05, 4.69) is 21.6 Å². The minimum atomic E-state index is -0.567. The number of aryl methyl sites for hydroxylation is 2. The van der Waals surface area contributed by atoms with Crippen LogP contribution < -0.4 is 15.9 Å². The molecule has 0 bridgehead atoms. The van der Waals surface area contributed by atoms with E-state index in [0.29, 0.717) is 11.0 Å². The second-order valence-corrected chi connectivity index (χ2v) is 8.75. The van der Waals surface area contributed by atoms with Gasteiger partial charge in [0.25, 0.3) is 0 Å². The lowest BCUT2D eigenvalue weighted by atomic mass is 10.1. The molecule has 0 saturated carbocycles. The highest BCUT2D eigenvalue weighted by atomic mass is 32.2. The van der Waals surface area contributed by atoms with Crippen LogP contribution in [0.2, 0.25) is 0 Å². The molecule has 0 aliphatic carbocycles. The van der Waals surface area contributed by atoms with Gasteiger partial charge in [-0.25, -0.2) is 4.68 Å². The van der Waals surface area contributed by atoms with Gasteiger partial charge in [-0.1, -0.05) is 48.2 Å². The van der Waals surface area contributed by atoms with E-state index in [0.717, 1.165) is 33.7 Å². The molecule has 8 heteroatoms. The molecule has 4 rings (SSSR count). The van der Waals surface area contributed by atoms with Gasteiger partial charge >= 0.3 is 0 Å². The van der Waals surface area contributed by atoms with E-state index in [4.69, 9.17) is 10.6 Å². The maximum Gasteiger partial charge on any atom is 0.242 e. The van der Waals surface area contributed by atoms with E-state index in [1.165, 1.54) is 16.4 Å². The quantitative estimate of drug-likeness (QED) is 0.306. The van der Waals surface area contributed by atoms with Crippen LogP contribution in [0.15, 0.2) is 78.0 Å². The highest BCUT2D eigenvalue weighted by Gasteiger charge is 2.26. The smallest absolute Gasteiger partial charge is 0.242 e. The van der Waals surface area contributed by atoms with Crippen molar-refractivity contribution in [2.24, 2.45) is 0 Å². The standard InChI is InChI=1S/C25H25N5O2S/c1-16-13-17(2)15-20(14-16)27-24(31)22(18-7-5-4-6-8-18)33-25-29-28-23(30(25)26)19-9-11-21(32-3)12-10-19/h4-15,22H,26H2,1-3H3,(H,27,31). The van der Waals surface area contributed by atoms with Gasteiger partial charge < -0.3 is 15.9 Å². The van der Waals surface area contributed by atoms with Crippen molar-refractivity contribution in [2.45, 2.75) is 24.3 Å². The molecule has 3 N–H and O–H groups in total. The van der Waals surface area contributed by atoms with Crippen LogP contribution in [-0.4, -0.2) is 27.9 Å². The molecule has 33 heavy (non-hydrogen) atoms. The molecular formula is C25H25N5O2S. The van der Waals surface area contributed by atoms with E-state index in [1.807, 2.05) is 80.6 Å². The molecule has 0 saturated heterocycles. The van der Waals surface area contributed by atoms with Gasteiger partial charge in [-0.2, -0.15) is 0 Å². The third-order valence-corrected chi connectivity index (χ3v) is 6.28. The number of nitrogens with one attached hydrogen (secondary N) is 1. The summed E-state index contributed by atoms with van der Waals surface area (Å²) in [5.74, 6) is 7.41. The Labute approximate surface area is 197 Å². The highest BCUT2D eigenvalue weighted by Crippen LogP contribution is 2.36. The van der Waals surface area contributed by atoms with Gasteiger partial charge in [-0.3, -0.25) is 4.79 Å². The first-order valence-electron chi connectivity index (χ1n) is 10.4. The molecule has 1 heterocycles. The second kappa shape index (κ2) is 9.79. The van der Waals surface area contributed by atoms with Crippen LogP contribution in [-0.2, 0) is 4.79 Å². The molecule has 0 aliphatic rings. The number of carbonyl (C=O) groups is 1. The molecule has 0 spiro atoms. The second-order valence-electron chi connectivity index (χ2n) is 7.68. The topological polar surface area (TPSA) is 95.1 Å². The zero-order chi connectivity index (χ0) is 23.4. The number of benzene rings is 3. The normalized spacial score (nSPS) is 11.7. The predicted molar refractivity (Wildman–Crippen MR) is 132 cm³/mol. The van der Waals surface area contributed by atoms with Gasteiger partial charge in [0.1, 0.15) is 11.0 Å². The maximum absolute atomic E-state index is 13.4. The van der Waals surface area contributed by atoms with E-state index < -0.39 is 5.25 Å². The Bertz CT molecular complexity index is 1240. The molecule has 7 nitrogen and oxygen atoms in total. The Morgan fingerprint density at radius 1 is 1.00 bits per heavy atom. The first kappa shape index (κ1) is 22.4. The summed E-state index contributed by atoms with van der Waals surface area (Å²) < 4.78 is 6.62. The van der Waals surface area contributed by atoms with Crippen molar-refractivity contribution in [2.75, 3.05) is 18.3 Å². The van der Waals surface area contributed by atoms with Crippen molar-refractivity contribution in [3.8, 4) is 17.1 Å². The Morgan fingerprint density at radius 3 is 2.30 bits per heavy atom. The SMILES string of the molecule is COc1ccc(-c2nnc(SC(C(=O)Nc3cc(C)cc(C)c3)c3ccccc3)n2N)cc1. The molecule has 4 aromatic rings. The average molecular weight is 460 g/mol. The van der Waals surface area contributed by atoms with Crippen molar-refractivity contribution in [3.05, 3.63) is 89.5 Å². The number of nitrogens with zero attached hydrogens (tertiary/aromatic N) is 3. The van der Waals surface area contributed by atoms with Gasteiger partial charge in [0, 0.05) is 11.3 Å². The number of anilines is 1. The summed E-state index contributed by atoms with van der Waals surface area (Å²) in [6.45, 7) is 4.01. The Balaban J connectivity index is 1.62. The molecule has 168 valence electrons. The number of ether oxygens (including phenoxy) is 1. The van der Waals surface area contributed by atoms with Crippen LogP contribution in [0.4, 0.5) is 5.69 Å². The average Bonchev–Trinajstić information content (AvgIpc) is 3.17. The lowest BCUT2D eigenvalue weighted by Crippen LogP contribution is -2.20. The number of methoxy groups -OCH3 is 1. The molecule has 0 fully saturated rings. The van der Waals surface area contributed by atoms with Crippen LogP contribution in [0.1, 0.15) is 21.9 Å². The predicted octanol–water partition coefficient (Wildman–Crippen LogP) is 4.76. The number of rotatable bonds is 7. The molecule has 3 aromatic carbocycles. The van der Waals surface area contributed by atoms with Crippen LogP contribution in [0.5, 0.6) is 5.75 Å². The van der Waals surface area contributed by atoms with Crippen LogP contribution in [0, 0.1) is 13.8 Å². The number of thioether (sulfide) groups is 1. The summed E-state index contributed by atoms with van der Waals surface area (Å²) in [5, 5.41) is 11.4. The van der Waals surface area contributed by atoms with Gasteiger partial charge in [0.15, 0.2) is 5.82 Å². The van der Waals surface area contributed by atoms with Gasteiger partial charge in [0.2, 0.25) is 11.1 Å². The van der Waals surface area contributed by atoms with Gasteiger partial charge in [0.05, 0.1) is 7.11 Å². The first-order valence-corrected chi connectivity index (χ1v) is 11.3.